The molecule has 0 unspecified atom stereocenters. The molecule has 0 fully saturated rings. The Morgan fingerprint density at radius 1 is 1.35 bits per heavy atom. The van der Waals surface area contributed by atoms with Gasteiger partial charge in [0.2, 0.25) is 0 Å². The summed E-state index contributed by atoms with van der Waals surface area (Å²) in [7, 11) is 1.64. The first-order chi connectivity index (χ1) is 9.45. The van der Waals surface area contributed by atoms with Crippen molar-refractivity contribution in [3.05, 3.63) is 28.3 Å². The summed E-state index contributed by atoms with van der Waals surface area (Å²) < 4.78 is 10.6. The Morgan fingerprint density at radius 2 is 1.95 bits per heavy atom. The fraction of sp³-hybridized carbons (Fsp3) is 0.533. The lowest BCUT2D eigenvalue weighted by Gasteiger charge is -2.16. The lowest BCUT2D eigenvalue weighted by atomic mass is 10.1. The number of aryl methyl sites for hydroxylation is 2. The molecular formula is C15H22ClNO3. The van der Waals surface area contributed by atoms with E-state index in [0.29, 0.717) is 18.9 Å². The van der Waals surface area contributed by atoms with E-state index >= 15 is 0 Å². The second-order valence-corrected chi connectivity index (χ2v) is 5.15. The van der Waals surface area contributed by atoms with Gasteiger partial charge >= 0.3 is 0 Å². The predicted molar refractivity (Wildman–Crippen MR) is 80.5 cm³/mol. The van der Waals surface area contributed by atoms with Crippen LogP contribution in [-0.4, -0.2) is 32.3 Å². The number of hydrogen-bond donors (Lipinski definition) is 1. The third-order valence-electron chi connectivity index (χ3n) is 2.92. The molecule has 5 heteroatoms. The van der Waals surface area contributed by atoms with Gasteiger partial charge in [0.05, 0.1) is 0 Å². The molecule has 112 valence electrons. The third kappa shape index (κ3) is 5.02. The molecule has 0 saturated carbocycles. The summed E-state index contributed by atoms with van der Waals surface area (Å²) in [6.07, 6.45) is 0.242. The zero-order valence-corrected chi connectivity index (χ0v) is 13.2. The number of benzene rings is 1. The summed E-state index contributed by atoms with van der Waals surface area (Å²) in [5.41, 5.74) is 1.88. The van der Waals surface area contributed by atoms with E-state index in [9.17, 15) is 4.79 Å². The molecule has 0 aromatic heterocycles. The summed E-state index contributed by atoms with van der Waals surface area (Å²) in [5.74, 6) is 0.523. The minimum absolute atomic E-state index is 0.133. The molecule has 1 atom stereocenters. The summed E-state index contributed by atoms with van der Waals surface area (Å²) in [5, 5.41) is 3.54. The molecule has 0 saturated heterocycles. The Balaban J connectivity index is 2.53. The maximum absolute atomic E-state index is 11.8. The summed E-state index contributed by atoms with van der Waals surface area (Å²) in [6.45, 7) is 6.77. The first kappa shape index (κ1) is 16.8. The molecule has 0 aliphatic heterocycles. The number of ether oxygens (including phenoxy) is 2. The van der Waals surface area contributed by atoms with Crippen molar-refractivity contribution in [3.63, 3.8) is 0 Å². The van der Waals surface area contributed by atoms with Gasteiger partial charge in [-0.25, -0.2) is 0 Å². The molecule has 0 aliphatic carbocycles. The number of amides is 1. The Labute approximate surface area is 125 Å². The lowest BCUT2D eigenvalue weighted by molar-refractivity contribution is -0.127. The van der Waals surface area contributed by atoms with Crippen LogP contribution < -0.4 is 10.1 Å². The molecule has 0 radical (unpaired) electrons. The van der Waals surface area contributed by atoms with E-state index < -0.39 is 6.10 Å². The quantitative estimate of drug-likeness (QED) is 0.788. The molecule has 20 heavy (non-hydrogen) atoms. The molecule has 0 aliphatic rings. The van der Waals surface area contributed by atoms with E-state index in [-0.39, 0.29) is 5.91 Å². The zero-order chi connectivity index (χ0) is 15.1. The Kier molecular flexibility index (Phi) is 6.82. The van der Waals surface area contributed by atoms with Crippen molar-refractivity contribution in [1.29, 1.82) is 0 Å². The number of hydrogen-bond acceptors (Lipinski definition) is 3. The van der Waals surface area contributed by atoms with E-state index in [1.54, 1.807) is 14.0 Å². The van der Waals surface area contributed by atoms with Gasteiger partial charge in [0.25, 0.3) is 5.91 Å². The average Bonchev–Trinajstić information content (AvgIpc) is 2.40. The third-order valence-corrected chi connectivity index (χ3v) is 3.51. The van der Waals surface area contributed by atoms with Crippen LogP contribution in [0.1, 0.15) is 24.5 Å². The number of carbonyl (C=O) groups is 1. The molecule has 1 rings (SSSR count). The monoisotopic (exact) mass is 299 g/mol. The van der Waals surface area contributed by atoms with Gasteiger partial charge < -0.3 is 14.8 Å². The SMILES string of the molecule is COCCCNC(=O)[C@H](C)Oc1cc(C)c(Cl)c(C)c1. The highest BCUT2D eigenvalue weighted by molar-refractivity contribution is 6.32. The maximum atomic E-state index is 11.8. The van der Waals surface area contributed by atoms with Crippen LogP contribution in [0.5, 0.6) is 5.75 Å². The maximum Gasteiger partial charge on any atom is 0.260 e. The molecular weight excluding hydrogens is 278 g/mol. The predicted octanol–water partition coefficient (Wildman–Crippen LogP) is 2.88. The average molecular weight is 300 g/mol. The van der Waals surface area contributed by atoms with Crippen LogP contribution in [0.25, 0.3) is 0 Å². The van der Waals surface area contributed by atoms with Crippen molar-refractivity contribution in [2.75, 3.05) is 20.3 Å². The minimum Gasteiger partial charge on any atom is -0.481 e. The molecule has 1 amide bonds. The number of carbonyl (C=O) groups excluding carboxylic acids is 1. The summed E-state index contributed by atoms with van der Waals surface area (Å²) >= 11 is 6.10. The normalized spacial score (nSPS) is 12.1. The van der Waals surface area contributed by atoms with Gasteiger partial charge in [-0.05, 0) is 50.5 Å². The molecule has 1 aromatic carbocycles. The van der Waals surface area contributed by atoms with Crippen molar-refractivity contribution in [1.82, 2.24) is 5.32 Å². The van der Waals surface area contributed by atoms with Gasteiger partial charge in [-0.2, -0.15) is 0 Å². The van der Waals surface area contributed by atoms with Crippen molar-refractivity contribution in [3.8, 4) is 5.75 Å². The highest BCUT2D eigenvalue weighted by Gasteiger charge is 2.15. The number of nitrogens with one attached hydrogen (secondary N) is 1. The Morgan fingerprint density at radius 3 is 2.50 bits per heavy atom. The molecule has 1 aromatic rings. The van der Waals surface area contributed by atoms with E-state index in [1.807, 2.05) is 26.0 Å². The zero-order valence-electron chi connectivity index (χ0n) is 12.5. The highest BCUT2D eigenvalue weighted by Crippen LogP contribution is 2.26. The molecule has 0 bridgehead atoms. The van der Waals surface area contributed by atoms with Crippen molar-refractivity contribution in [2.45, 2.75) is 33.3 Å². The molecule has 0 spiro atoms. The van der Waals surface area contributed by atoms with E-state index in [0.717, 1.165) is 22.6 Å². The van der Waals surface area contributed by atoms with Crippen molar-refractivity contribution in [2.24, 2.45) is 0 Å². The fourth-order valence-corrected chi connectivity index (χ4v) is 1.91. The van der Waals surface area contributed by atoms with Gasteiger partial charge in [0.1, 0.15) is 5.75 Å². The van der Waals surface area contributed by atoms with E-state index in [4.69, 9.17) is 21.1 Å². The van der Waals surface area contributed by atoms with Crippen molar-refractivity contribution < 1.29 is 14.3 Å². The molecule has 0 heterocycles. The van der Waals surface area contributed by atoms with Gasteiger partial charge in [-0.3, -0.25) is 4.79 Å². The van der Waals surface area contributed by atoms with Crippen LogP contribution in [-0.2, 0) is 9.53 Å². The van der Waals surface area contributed by atoms with Crippen LogP contribution in [0.3, 0.4) is 0 Å². The van der Waals surface area contributed by atoms with Gasteiger partial charge in [0, 0.05) is 25.3 Å². The second-order valence-electron chi connectivity index (χ2n) is 4.77. The highest BCUT2D eigenvalue weighted by atomic mass is 35.5. The summed E-state index contributed by atoms with van der Waals surface area (Å²) in [4.78, 5) is 11.8. The lowest BCUT2D eigenvalue weighted by Crippen LogP contribution is -2.37. The van der Waals surface area contributed by atoms with Crippen LogP contribution in [0.4, 0.5) is 0 Å². The summed E-state index contributed by atoms with van der Waals surface area (Å²) in [6, 6.07) is 3.67. The van der Waals surface area contributed by atoms with Gasteiger partial charge in [0.15, 0.2) is 6.10 Å². The second kappa shape index (κ2) is 8.12. The first-order valence-corrected chi connectivity index (χ1v) is 7.03. The molecule has 4 nitrogen and oxygen atoms in total. The number of rotatable bonds is 7. The largest absolute Gasteiger partial charge is 0.481 e. The minimum atomic E-state index is -0.544. The van der Waals surface area contributed by atoms with Crippen LogP contribution in [0.2, 0.25) is 5.02 Å². The van der Waals surface area contributed by atoms with E-state index in [1.165, 1.54) is 0 Å². The van der Waals surface area contributed by atoms with Gasteiger partial charge in [-0.1, -0.05) is 11.6 Å². The Hall–Kier alpha value is -1.26. The number of halogens is 1. The smallest absolute Gasteiger partial charge is 0.260 e. The van der Waals surface area contributed by atoms with Crippen molar-refractivity contribution >= 4 is 17.5 Å². The van der Waals surface area contributed by atoms with Gasteiger partial charge in [-0.15, -0.1) is 0 Å². The van der Waals surface area contributed by atoms with Crippen LogP contribution in [0.15, 0.2) is 12.1 Å². The Bertz CT molecular complexity index is 439. The fourth-order valence-electron chi connectivity index (χ4n) is 1.80. The van der Waals surface area contributed by atoms with Crippen LogP contribution >= 0.6 is 11.6 Å². The number of methoxy groups -OCH3 is 1. The topological polar surface area (TPSA) is 47.6 Å². The van der Waals surface area contributed by atoms with Crippen LogP contribution in [0, 0.1) is 13.8 Å². The molecule has 1 N–H and O–H groups in total. The van der Waals surface area contributed by atoms with E-state index in [2.05, 4.69) is 5.32 Å². The first-order valence-electron chi connectivity index (χ1n) is 6.65. The standard InChI is InChI=1S/C15H22ClNO3/c1-10-8-13(9-11(2)14(10)16)20-12(3)15(18)17-6-5-7-19-4/h8-9,12H,5-7H2,1-4H3,(H,17,18)/t12-/m0/s1.